The van der Waals surface area contributed by atoms with Crippen molar-refractivity contribution in [2.24, 2.45) is 23.4 Å². The van der Waals surface area contributed by atoms with Crippen molar-refractivity contribution < 1.29 is 5.21 Å². The molecule has 0 aromatic carbocycles. The number of nitrogens with one attached hydrogen (secondary N) is 1. The van der Waals surface area contributed by atoms with Crippen molar-refractivity contribution >= 4 is 5.84 Å². The van der Waals surface area contributed by atoms with E-state index in [1.807, 2.05) is 37.9 Å². The van der Waals surface area contributed by atoms with E-state index in [1.54, 1.807) is 0 Å². The van der Waals surface area contributed by atoms with Crippen LogP contribution >= 0.6 is 0 Å². The first-order valence-electron chi connectivity index (χ1n) is 6.62. The highest BCUT2D eigenvalue weighted by Gasteiger charge is 2.22. The Labute approximate surface area is 114 Å². The Bertz CT molecular complexity index is 411. The fraction of sp³-hybridized carbons (Fsp3) is 0.692. The first-order valence-corrected chi connectivity index (χ1v) is 6.62. The molecular formula is C13H25N5O. The molecule has 0 aliphatic rings. The number of amidine groups is 1. The van der Waals surface area contributed by atoms with Crippen molar-refractivity contribution in [3.8, 4) is 0 Å². The van der Waals surface area contributed by atoms with Crippen molar-refractivity contribution in [1.29, 1.82) is 0 Å². The van der Waals surface area contributed by atoms with Gasteiger partial charge in [-0.1, -0.05) is 19.0 Å². The predicted octanol–water partition coefficient (Wildman–Crippen LogP) is 1.11. The lowest BCUT2D eigenvalue weighted by molar-refractivity contribution is 0.304. The molecule has 4 N–H and O–H groups in total. The van der Waals surface area contributed by atoms with E-state index in [-0.39, 0.29) is 5.41 Å². The quantitative estimate of drug-likeness (QED) is 0.216. The van der Waals surface area contributed by atoms with Crippen molar-refractivity contribution in [1.82, 2.24) is 14.9 Å². The minimum absolute atomic E-state index is 0.254. The second-order valence-corrected chi connectivity index (χ2v) is 5.43. The molecule has 0 unspecified atom stereocenters. The average Bonchev–Trinajstić information content (AvgIpc) is 2.78. The van der Waals surface area contributed by atoms with Crippen LogP contribution in [0, 0.1) is 5.41 Å². The normalized spacial score (nSPS) is 12.9. The number of aromatic nitrogens is 2. The standard InChI is InChI=1S/C13H25N5O/c1-13(2,12(14)17-19)6-4-7-15-8-5-11-16-9-10-18(11)3/h9-10,15,19H,4-8H2,1-3H3,(H2,14,17). The van der Waals surface area contributed by atoms with Crippen molar-refractivity contribution in [2.45, 2.75) is 33.1 Å². The Kier molecular flexibility index (Phi) is 5.82. The van der Waals surface area contributed by atoms with Gasteiger partial charge in [0.25, 0.3) is 0 Å². The van der Waals surface area contributed by atoms with Crippen LogP contribution in [-0.4, -0.2) is 33.7 Å². The summed E-state index contributed by atoms with van der Waals surface area (Å²) in [6.07, 6.45) is 6.57. The Hall–Kier alpha value is -1.56. The lowest BCUT2D eigenvalue weighted by Crippen LogP contribution is -2.32. The van der Waals surface area contributed by atoms with Gasteiger partial charge in [-0.2, -0.15) is 0 Å². The number of nitrogens with zero attached hydrogens (tertiary/aromatic N) is 3. The zero-order valence-corrected chi connectivity index (χ0v) is 12.1. The Morgan fingerprint density at radius 2 is 2.26 bits per heavy atom. The van der Waals surface area contributed by atoms with E-state index in [0.717, 1.165) is 38.2 Å². The molecule has 1 rings (SSSR count). The highest BCUT2D eigenvalue weighted by Crippen LogP contribution is 2.21. The maximum atomic E-state index is 8.68. The van der Waals surface area contributed by atoms with Gasteiger partial charge >= 0.3 is 0 Å². The highest BCUT2D eigenvalue weighted by molar-refractivity contribution is 5.85. The summed E-state index contributed by atoms with van der Waals surface area (Å²) >= 11 is 0. The molecule has 6 heteroatoms. The largest absolute Gasteiger partial charge is 0.409 e. The molecule has 1 aromatic heterocycles. The third-order valence-electron chi connectivity index (χ3n) is 3.40. The van der Waals surface area contributed by atoms with Crippen LogP contribution in [0.1, 0.15) is 32.5 Å². The number of hydrogen-bond acceptors (Lipinski definition) is 4. The summed E-state index contributed by atoms with van der Waals surface area (Å²) in [6.45, 7) is 5.80. The Balaban J connectivity index is 2.14. The summed E-state index contributed by atoms with van der Waals surface area (Å²) in [5.74, 6) is 1.38. The molecule has 0 aliphatic carbocycles. The predicted molar refractivity (Wildman–Crippen MR) is 76.2 cm³/mol. The zero-order chi connectivity index (χ0) is 14.3. The van der Waals surface area contributed by atoms with Gasteiger partial charge in [0.1, 0.15) is 11.7 Å². The lowest BCUT2D eigenvalue weighted by Gasteiger charge is -2.22. The highest BCUT2D eigenvalue weighted by atomic mass is 16.4. The lowest BCUT2D eigenvalue weighted by atomic mass is 9.86. The van der Waals surface area contributed by atoms with Crippen molar-refractivity contribution in [3.63, 3.8) is 0 Å². The van der Waals surface area contributed by atoms with E-state index in [0.29, 0.717) is 5.84 Å². The van der Waals surface area contributed by atoms with E-state index >= 15 is 0 Å². The molecule has 6 nitrogen and oxygen atoms in total. The van der Waals surface area contributed by atoms with Gasteiger partial charge in [-0.15, -0.1) is 0 Å². The number of hydrogen-bond donors (Lipinski definition) is 3. The smallest absolute Gasteiger partial charge is 0.144 e. The summed E-state index contributed by atoms with van der Waals surface area (Å²) < 4.78 is 2.03. The molecule has 0 radical (unpaired) electrons. The van der Waals surface area contributed by atoms with Crippen LogP contribution in [0.3, 0.4) is 0 Å². The van der Waals surface area contributed by atoms with Gasteiger partial charge in [0.15, 0.2) is 0 Å². The van der Waals surface area contributed by atoms with E-state index in [9.17, 15) is 0 Å². The molecule has 0 aliphatic heterocycles. The fourth-order valence-corrected chi connectivity index (χ4v) is 1.88. The van der Waals surface area contributed by atoms with E-state index in [1.165, 1.54) is 0 Å². The van der Waals surface area contributed by atoms with Gasteiger partial charge in [-0.3, -0.25) is 0 Å². The van der Waals surface area contributed by atoms with E-state index in [2.05, 4.69) is 15.5 Å². The van der Waals surface area contributed by atoms with Crippen LogP contribution < -0.4 is 11.1 Å². The number of nitrogens with two attached hydrogens (primary N) is 1. The number of aryl methyl sites for hydroxylation is 1. The van der Waals surface area contributed by atoms with Crippen LogP contribution in [0.15, 0.2) is 17.5 Å². The number of imidazole rings is 1. The van der Waals surface area contributed by atoms with Gasteiger partial charge in [-0.05, 0) is 19.4 Å². The maximum Gasteiger partial charge on any atom is 0.144 e. The maximum absolute atomic E-state index is 8.68. The zero-order valence-electron chi connectivity index (χ0n) is 12.1. The molecule has 108 valence electrons. The molecule has 0 atom stereocenters. The van der Waals surface area contributed by atoms with Gasteiger partial charge in [-0.25, -0.2) is 4.98 Å². The molecule has 0 fully saturated rings. The van der Waals surface area contributed by atoms with Crippen LogP contribution in [0.2, 0.25) is 0 Å². The van der Waals surface area contributed by atoms with Crippen molar-refractivity contribution in [3.05, 3.63) is 18.2 Å². The topological polar surface area (TPSA) is 88.5 Å². The van der Waals surface area contributed by atoms with Gasteiger partial charge < -0.3 is 20.8 Å². The average molecular weight is 267 g/mol. The first-order chi connectivity index (χ1) is 8.97. The molecule has 0 amide bonds. The van der Waals surface area contributed by atoms with E-state index < -0.39 is 0 Å². The summed E-state index contributed by atoms with van der Waals surface area (Å²) in [6, 6.07) is 0. The molecule has 0 bridgehead atoms. The van der Waals surface area contributed by atoms with Gasteiger partial charge in [0, 0.05) is 37.8 Å². The summed E-state index contributed by atoms with van der Waals surface area (Å²) in [7, 11) is 2.00. The van der Waals surface area contributed by atoms with Crippen LogP contribution in [-0.2, 0) is 13.5 Å². The number of rotatable bonds is 8. The van der Waals surface area contributed by atoms with Crippen LogP contribution in [0.5, 0.6) is 0 Å². The Morgan fingerprint density at radius 3 is 2.84 bits per heavy atom. The molecule has 19 heavy (non-hydrogen) atoms. The number of oxime groups is 1. The molecule has 1 aromatic rings. The monoisotopic (exact) mass is 267 g/mol. The van der Waals surface area contributed by atoms with Crippen LogP contribution in [0.4, 0.5) is 0 Å². The molecule has 0 spiro atoms. The van der Waals surface area contributed by atoms with Gasteiger partial charge in [0.05, 0.1) is 0 Å². The third-order valence-corrected chi connectivity index (χ3v) is 3.40. The third kappa shape index (κ3) is 4.90. The van der Waals surface area contributed by atoms with Crippen LogP contribution in [0.25, 0.3) is 0 Å². The SMILES string of the molecule is Cn1ccnc1CCNCCCC(C)(C)C(N)=NO. The summed E-state index contributed by atoms with van der Waals surface area (Å²) in [4.78, 5) is 4.27. The molecule has 0 saturated heterocycles. The molecular weight excluding hydrogens is 242 g/mol. The summed E-state index contributed by atoms with van der Waals surface area (Å²) in [5.41, 5.74) is 5.39. The fourth-order valence-electron chi connectivity index (χ4n) is 1.88. The second-order valence-electron chi connectivity index (χ2n) is 5.43. The minimum atomic E-state index is -0.254. The summed E-state index contributed by atoms with van der Waals surface area (Å²) in [5, 5.41) is 15.1. The van der Waals surface area contributed by atoms with Gasteiger partial charge in [0.2, 0.25) is 0 Å². The minimum Gasteiger partial charge on any atom is -0.409 e. The first kappa shape index (κ1) is 15.5. The van der Waals surface area contributed by atoms with E-state index in [4.69, 9.17) is 10.9 Å². The molecule has 0 saturated carbocycles. The second kappa shape index (κ2) is 7.13. The van der Waals surface area contributed by atoms with Crippen molar-refractivity contribution in [2.75, 3.05) is 13.1 Å². The Morgan fingerprint density at radius 1 is 1.53 bits per heavy atom. The molecule has 1 heterocycles.